The van der Waals surface area contributed by atoms with Gasteiger partial charge in [-0.1, -0.05) is 13.8 Å². The summed E-state index contributed by atoms with van der Waals surface area (Å²) in [6, 6.07) is 0. The standard InChI is InChI=1S/C11H19NO2/c1-10(2)5-6-12(7-10)9(14)11(8-13)3-4-11/h13H,3-8H2,1-2H3. The van der Waals surface area contributed by atoms with Crippen LogP contribution in [0.1, 0.15) is 33.1 Å². The molecule has 0 bridgehead atoms. The fraction of sp³-hybridized carbons (Fsp3) is 0.909. The molecule has 1 N–H and O–H groups in total. The van der Waals surface area contributed by atoms with Gasteiger partial charge in [-0.05, 0) is 24.7 Å². The minimum absolute atomic E-state index is 0.0305. The van der Waals surface area contributed by atoms with E-state index in [9.17, 15) is 4.79 Å². The number of likely N-dealkylation sites (tertiary alicyclic amines) is 1. The predicted octanol–water partition coefficient (Wildman–Crippen LogP) is 1.02. The molecule has 2 aliphatic rings. The highest BCUT2D eigenvalue weighted by molar-refractivity contribution is 5.85. The molecule has 1 saturated heterocycles. The van der Waals surface area contributed by atoms with Gasteiger partial charge >= 0.3 is 0 Å². The molecule has 2 fully saturated rings. The Kier molecular flexibility index (Phi) is 2.11. The second-order valence-corrected chi connectivity index (χ2v) is 5.58. The molecule has 1 saturated carbocycles. The fourth-order valence-electron chi connectivity index (χ4n) is 2.21. The van der Waals surface area contributed by atoms with Crippen molar-refractivity contribution in [2.24, 2.45) is 10.8 Å². The lowest BCUT2D eigenvalue weighted by Crippen LogP contribution is -2.38. The Morgan fingerprint density at radius 2 is 2.00 bits per heavy atom. The van der Waals surface area contributed by atoms with E-state index < -0.39 is 0 Å². The highest BCUT2D eigenvalue weighted by Crippen LogP contribution is 2.47. The van der Waals surface area contributed by atoms with E-state index in [0.717, 1.165) is 32.4 Å². The zero-order valence-corrected chi connectivity index (χ0v) is 9.05. The van der Waals surface area contributed by atoms with Gasteiger partial charge in [-0.15, -0.1) is 0 Å². The first kappa shape index (κ1) is 9.97. The molecule has 0 aromatic rings. The summed E-state index contributed by atoms with van der Waals surface area (Å²) in [5.74, 6) is 0.186. The third-order valence-corrected chi connectivity index (χ3v) is 3.57. The van der Waals surface area contributed by atoms with E-state index >= 15 is 0 Å². The molecule has 3 heteroatoms. The quantitative estimate of drug-likeness (QED) is 0.718. The minimum atomic E-state index is -0.375. The van der Waals surface area contributed by atoms with Crippen LogP contribution in [0.4, 0.5) is 0 Å². The SMILES string of the molecule is CC1(C)CCN(C(=O)C2(CO)CC2)C1. The first-order chi connectivity index (χ1) is 6.49. The molecule has 80 valence electrons. The molecular weight excluding hydrogens is 178 g/mol. The molecule has 2 rings (SSSR count). The molecule has 0 spiro atoms. The van der Waals surface area contributed by atoms with Crippen molar-refractivity contribution in [2.75, 3.05) is 19.7 Å². The van der Waals surface area contributed by atoms with Crippen LogP contribution in [-0.4, -0.2) is 35.6 Å². The van der Waals surface area contributed by atoms with Crippen molar-refractivity contribution in [3.63, 3.8) is 0 Å². The van der Waals surface area contributed by atoms with Gasteiger partial charge in [0.05, 0.1) is 12.0 Å². The fourth-order valence-corrected chi connectivity index (χ4v) is 2.21. The molecule has 14 heavy (non-hydrogen) atoms. The number of hydrogen-bond acceptors (Lipinski definition) is 2. The van der Waals surface area contributed by atoms with E-state index in [-0.39, 0.29) is 23.3 Å². The summed E-state index contributed by atoms with van der Waals surface area (Å²) in [5, 5.41) is 9.17. The molecular formula is C11H19NO2. The Bertz CT molecular complexity index is 256. The molecule has 1 amide bonds. The van der Waals surface area contributed by atoms with Crippen molar-refractivity contribution < 1.29 is 9.90 Å². The number of carbonyl (C=O) groups is 1. The Labute approximate surface area is 85.1 Å². The highest BCUT2D eigenvalue weighted by Gasteiger charge is 2.52. The average molecular weight is 197 g/mol. The minimum Gasteiger partial charge on any atom is -0.395 e. The molecule has 1 aliphatic heterocycles. The van der Waals surface area contributed by atoms with Gasteiger partial charge in [0, 0.05) is 13.1 Å². The first-order valence-electron chi connectivity index (χ1n) is 5.39. The molecule has 0 radical (unpaired) electrons. The van der Waals surface area contributed by atoms with Crippen molar-refractivity contribution in [1.29, 1.82) is 0 Å². The summed E-state index contributed by atoms with van der Waals surface area (Å²) in [4.78, 5) is 13.9. The van der Waals surface area contributed by atoms with Crippen LogP contribution >= 0.6 is 0 Å². The zero-order valence-electron chi connectivity index (χ0n) is 9.05. The van der Waals surface area contributed by atoms with Gasteiger partial charge < -0.3 is 10.0 Å². The van der Waals surface area contributed by atoms with E-state index in [0.29, 0.717) is 0 Å². The number of carbonyl (C=O) groups excluding carboxylic acids is 1. The summed E-state index contributed by atoms with van der Waals surface area (Å²) in [6.07, 6.45) is 2.83. The lowest BCUT2D eigenvalue weighted by Gasteiger charge is -2.23. The largest absolute Gasteiger partial charge is 0.395 e. The van der Waals surface area contributed by atoms with Crippen molar-refractivity contribution in [3.8, 4) is 0 Å². The molecule has 0 atom stereocenters. The molecule has 1 aliphatic carbocycles. The third-order valence-electron chi connectivity index (χ3n) is 3.57. The van der Waals surface area contributed by atoms with Crippen molar-refractivity contribution >= 4 is 5.91 Å². The number of amides is 1. The Morgan fingerprint density at radius 3 is 2.36 bits per heavy atom. The molecule has 1 heterocycles. The Hall–Kier alpha value is -0.570. The van der Waals surface area contributed by atoms with E-state index in [1.54, 1.807) is 0 Å². The van der Waals surface area contributed by atoms with Crippen LogP contribution in [0.2, 0.25) is 0 Å². The number of rotatable bonds is 2. The smallest absolute Gasteiger partial charge is 0.231 e. The average Bonchev–Trinajstić information content (AvgIpc) is 2.85. The number of nitrogens with zero attached hydrogens (tertiary/aromatic N) is 1. The van der Waals surface area contributed by atoms with Gasteiger partial charge in [-0.25, -0.2) is 0 Å². The van der Waals surface area contributed by atoms with Crippen LogP contribution in [0.3, 0.4) is 0 Å². The number of aliphatic hydroxyl groups excluding tert-OH is 1. The summed E-state index contributed by atoms with van der Waals surface area (Å²) >= 11 is 0. The molecule has 0 unspecified atom stereocenters. The van der Waals surface area contributed by atoms with Gasteiger partial charge in [0.15, 0.2) is 0 Å². The number of aliphatic hydroxyl groups is 1. The van der Waals surface area contributed by atoms with Crippen molar-refractivity contribution in [3.05, 3.63) is 0 Å². The van der Waals surface area contributed by atoms with Gasteiger partial charge in [-0.2, -0.15) is 0 Å². The lowest BCUT2D eigenvalue weighted by atomic mass is 9.93. The summed E-state index contributed by atoms with van der Waals surface area (Å²) in [5.41, 5.74) is -0.110. The summed E-state index contributed by atoms with van der Waals surface area (Å²) in [7, 11) is 0. The zero-order chi connectivity index (χ0) is 10.4. The maximum absolute atomic E-state index is 12.0. The van der Waals surface area contributed by atoms with E-state index in [1.807, 2.05) is 4.90 Å². The third kappa shape index (κ3) is 1.54. The van der Waals surface area contributed by atoms with Crippen LogP contribution in [0, 0.1) is 10.8 Å². The van der Waals surface area contributed by atoms with E-state index in [1.165, 1.54) is 0 Å². The van der Waals surface area contributed by atoms with E-state index in [4.69, 9.17) is 5.11 Å². The molecule has 0 aromatic heterocycles. The topological polar surface area (TPSA) is 40.5 Å². The highest BCUT2D eigenvalue weighted by atomic mass is 16.3. The Balaban J connectivity index is 2.01. The van der Waals surface area contributed by atoms with Gasteiger partial charge in [0.2, 0.25) is 5.91 Å². The summed E-state index contributed by atoms with van der Waals surface area (Å²) < 4.78 is 0. The van der Waals surface area contributed by atoms with Crippen LogP contribution in [0.5, 0.6) is 0 Å². The van der Waals surface area contributed by atoms with Crippen LogP contribution < -0.4 is 0 Å². The van der Waals surface area contributed by atoms with Crippen molar-refractivity contribution in [1.82, 2.24) is 4.90 Å². The van der Waals surface area contributed by atoms with Crippen LogP contribution in [0.15, 0.2) is 0 Å². The van der Waals surface area contributed by atoms with Gasteiger partial charge in [0.1, 0.15) is 0 Å². The molecule has 0 aromatic carbocycles. The monoisotopic (exact) mass is 197 g/mol. The predicted molar refractivity (Wildman–Crippen MR) is 53.7 cm³/mol. The van der Waals surface area contributed by atoms with Gasteiger partial charge in [0.25, 0.3) is 0 Å². The molecule has 3 nitrogen and oxygen atoms in total. The van der Waals surface area contributed by atoms with E-state index in [2.05, 4.69) is 13.8 Å². The second-order valence-electron chi connectivity index (χ2n) is 5.58. The Morgan fingerprint density at radius 1 is 1.36 bits per heavy atom. The van der Waals surface area contributed by atoms with Gasteiger partial charge in [-0.3, -0.25) is 4.79 Å². The van der Waals surface area contributed by atoms with Crippen LogP contribution in [0.25, 0.3) is 0 Å². The maximum atomic E-state index is 12.0. The second kappa shape index (κ2) is 2.96. The normalized spacial score (nSPS) is 27.8. The number of hydrogen-bond donors (Lipinski definition) is 1. The van der Waals surface area contributed by atoms with Crippen LogP contribution in [-0.2, 0) is 4.79 Å². The maximum Gasteiger partial charge on any atom is 0.231 e. The first-order valence-corrected chi connectivity index (χ1v) is 5.39. The lowest BCUT2D eigenvalue weighted by molar-refractivity contribution is -0.137. The van der Waals surface area contributed by atoms with Crippen molar-refractivity contribution in [2.45, 2.75) is 33.1 Å². The summed E-state index contributed by atoms with van der Waals surface area (Å²) in [6.45, 7) is 6.14.